The van der Waals surface area contributed by atoms with E-state index in [1.54, 1.807) is 23.0 Å². The molecular formula is C17H12ClN5OS. The maximum absolute atomic E-state index is 12.6. The van der Waals surface area contributed by atoms with Crippen LogP contribution in [-0.4, -0.2) is 36.7 Å². The molecule has 0 saturated heterocycles. The minimum Gasteiger partial charge on any atom is -0.360 e. The lowest BCUT2D eigenvalue weighted by atomic mass is 10.1. The standard InChI is InChI=1S/C17H12ClN5OS/c18-11-5-7-12(8-6-11)23-17(20-21-22-23)25-10-16(24)14-9-19-15-4-2-1-3-13(14)15/h1-9,19H,10H2. The van der Waals surface area contributed by atoms with Crippen LogP contribution >= 0.6 is 23.4 Å². The fourth-order valence-corrected chi connectivity index (χ4v) is 3.42. The van der Waals surface area contributed by atoms with E-state index in [2.05, 4.69) is 20.5 Å². The largest absolute Gasteiger partial charge is 0.360 e. The van der Waals surface area contributed by atoms with E-state index in [-0.39, 0.29) is 11.5 Å². The summed E-state index contributed by atoms with van der Waals surface area (Å²) in [4.78, 5) is 15.7. The quantitative estimate of drug-likeness (QED) is 0.428. The van der Waals surface area contributed by atoms with Gasteiger partial charge in [-0.2, -0.15) is 4.68 Å². The Bertz CT molecular complexity index is 1040. The predicted octanol–water partition coefficient (Wildman–Crippen LogP) is 3.77. The lowest BCUT2D eigenvalue weighted by Crippen LogP contribution is -2.04. The molecule has 0 unspecified atom stereocenters. The molecule has 2 aromatic carbocycles. The highest BCUT2D eigenvalue weighted by molar-refractivity contribution is 7.99. The topological polar surface area (TPSA) is 76.5 Å². The van der Waals surface area contributed by atoms with Gasteiger partial charge in [-0.3, -0.25) is 4.79 Å². The molecule has 0 aliphatic heterocycles. The first-order chi connectivity index (χ1) is 12.2. The van der Waals surface area contributed by atoms with Gasteiger partial charge in [0.25, 0.3) is 0 Å². The molecule has 4 aromatic rings. The number of tetrazole rings is 1. The van der Waals surface area contributed by atoms with Gasteiger partial charge in [0.15, 0.2) is 5.78 Å². The van der Waals surface area contributed by atoms with Crippen molar-refractivity contribution >= 4 is 40.0 Å². The predicted molar refractivity (Wildman–Crippen MR) is 97.5 cm³/mol. The first-order valence-corrected chi connectivity index (χ1v) is 8.85. The minimum atomic E-state index is 0.0214. The number of rotatable bonds is 5. The molecule has 2 aromatic heterocycles. The zero-order chi connectivity index (χ0) is 17.2. The first kappa shape index (κ1) is 15.9. The molecule has 8 heteroatoms. The van der Waals surface area contributed by atoms with Crippen LogP contribution in [0.2, 0.25) is 5.02 Å². The number of benzene rings is 2. The number of H-pyrrole nitrogens is 1. The Balaban J connectivity index is 1.53. The van der Waals surface area contributed by atoms with Crippen molar-refractivity contribution in [2.75, 3.05) is 5.75 Å². The van der Waals surface area contributed by atoms with E-state index in [4.69, 9.17) is 11.6 Å². The third-order valence-electron chi connectivity index (χ3n) is 3.73. The Labute approximate surface area is 152 Å². The summed E-state index contributed by atoms with van der Waals surface area (Å²) in [6.45, 7) is 0. The Morgan fingerprint density at radius 3 is 2.80 bits per heavy atom. The van der Waals surface area contributed by atoms with Crippen LogP contribution in [0.25, 0.3) is 16.6 Å². The monoisotopic (exact) mass is 369 g/mol. The summed E-state index contributed by atoms with van der Waals surface area (Å²) < 4.78 is 1.59. The summed E-state index contributed by atoms with van der Waals surface area (Å²) >= 11 is 7.20. The molecule has 0 atom stereocenters. The number of para-hydroxylation sites is 1. The maximum atomic E-state index is 12.6. The summed E-state index contributed by atoms with van der Waals surface area (Å²) in [6, 6.07) is 14.9. The van der Waals surface area contributed by atoms with Gasteiger partial charge in [-0.05, 0) is 40.8 Å². The molecule has 124 valence electrons. The Morgan fingerprint density at radius 2 is 1.96 bits per heavy atom. The highest BCUT2D eigenvalue weighted by Crippen LogP contribution is 2.23. The van der Waals surface area contributed by atoms with Crippen molar-refractivity contribution in [3.05, 3.63) is 65.3 Å². The Hall–Kier alpha value is -2.64. The van der Waals surface area contributed by atoms with E-state index in [0.717, 1.165) is 16.6 Å². The van der Waals surface area contributed by atoms with Crippen LogP contribution in [-0.2, 0) is 0 Å². The molecule has 0 bridgehead atoms. The molecule has 0 amide bonds. The van der Waals surface area contributed by atoms with Crippen molar-refractivity contribution in [3.63, 3.8) is 0 Å². The lowest BCUT2D eigenvalue weighted by Gasteiger charge is -2.04. The Morgan fingerprint density at radius 1 is 1.16 bits per heavy atom. The average molecular weight is 370 g/mol. The number of nitrogens with one attached hydrogen (secondary N) is 1. The molecule has 0 aliphatic carbocycles. The molecule has 2 heterocycles. The molecule has 25 heavy (non-hydrogen) atoms. The van der Waals surface area contributed by atoms with Crippen LogP contribution in [0.15, 0.2) is 59.9 Å². The van der Waals surface area contributed by atoms with Gasteiger partial charge in [0.2, 0.25) is 5.16 Å². The highest BCUT2D eigenvalue weighted by atomic mass is 35.5. The van der Waals surface area contributed by atoms with Gasteiger partial charge in [0.1, 0.15) is 0 Å². The van der Waals surface area contributed by atoms with Gasteiger partial charge >= 0.3 is 0 Å². The number of thioether (sulfide) groups is 1. The number of carbonyl (C=O) groups is 1. The summed E-state index contributed by atoms with van der Waals surface area (Å²) in [6.07, 6.45) is 1.75. The van der Waals surface area contributed by atoms with Gasteiger partial charge in [-0.15, -0.1) is 5.10 Å². The van der Waals surface area contributed by atoms with Gasteiger partial charge in [-0.25, -0.2) is 0 Å². The van der Waals surface area contributed by atoms with Crippen LogP contribution in [0, 0.1) is 0 Å². The van der Waals surface area contributed by atoms with E-state index in [9.17, 15) is 4.79 Å². The van der Waals surface area contributed by atoms with E-state index in [1.807, 2.05) is 36.4 Å². The first-order valence-electron chi connectivity index (χ1n) is 7.49. The van der Waals surface area contributed by atoms with Gasteiger partial charge < -0.3 is 4.98 Å². The van der Waals surface area contributed by atoms with E-state index in [1.165, 1.54) is 11.8 Å². The molecular weight excluding hydrogens is 358 g/mol. The summed E-state index contributed by atoms with van der Waals surface area (Å²) in [5.74, 6) is 0.267. The van der Waals surface area contributed by atoms with Crippen molar-refractivity contribution in [1.82, 2.24) is 25.2 Å². The van der Waals surface area contributed by atoms with Crippen molar-refractivity contribution < 1.29 is 4.79 Å². The highest BCUT2D eigenvalue weighted by Gasteiger charge is 2.15. The number of aromatic nitrogens is 5. The van der Waals surface area contributed by atoms with Crippen LogP contribution in [0.4, 0.5) is 0 Å². The van der Waals surface area contributed by atoms with Gasteiger partial charge in [-0.1, -0.05) is 41.6 Å². The molecule has 0 radical (unpaired) electrons. The van der Waals surface area contributed by atoms with Gasteiger partial charge in [0.05, 0.1) is 11.4 Å². The van der Waals surface area contributed by atoms with Crippen LogP contribution in [0.1, 0.15) is 10.4 Å². The second-order valence-electron chi connectivity index (χ2n) is 5.31. The number of ketones is 1. The fourth-order valence-electron chi connectivity index (χ4n) is 2.52. The number of fused-ring (bicyclic) bond motifs is 1. The number of hydrogen-bond acceptors (Lipinski definition) is 5. The zero-order valence-corrected chi connectivity index (χ0v) is 14.5. The molecule has 6 nitrogen and oxygen atoms in total. The molecule has 0 aliphatic rings. The molecule has 0 spiro atoms. The smallest absolute Gasteiger partial charge is 0.214 e. The van der Waals surface area contributed by atoms with E-state index in [0.29, 0.717) is 15.7 Å². The summed E-state index contributed by atoms with van der Waals surface area (Å²) in [5, 5.41) is 13.8. The third-order valence-corrected chi connectivity index (χ3v) is 4.91. The number of aromatic amines is 1. The number of hydrogen-bond donors (Lipinski definition) is 1. The SMILES string of the molecule is O=C(CSc1nnnn1-c1ccc(Cl)cc1)c1c[nH]c2ccccc12. The van der Waals surface area contributed by atoms with Crippen molar-refractivity contribution in [2.45, 2.75) is 5.16 Å². The molecule has 4 rings (SSSR count). The second kappa shape index (κ2) is 6.70. The van der Waals surface area contributed by atoms with Crippen LogP contribution in [0.3, 0.4) is 0 Å². The molecule has 0 fully saturated rings. The van der Waals surface area contributed by atoms with Crippen LogP contribution < -0.4 is 0 Å². The number of halogens is 1. The Kier molecular flexibility index (Phi) is 4.25. The average Bonchev–Trinajstić information content (AvgIpc) is 3.27. The zero-order valence-electron chi connectivity index (χ0n) is 12.9. The van der Waals surface area contributed by atoms with Crippen molar-refractivity contribution in [2.24, 2.45) is 0 Å². The minimum absolute atomic E-state index is 0.0214. The third kappa shape index (κ3) is 3.16. The van der Waals surface area contributed by atoms with Gasteiger partial charge in [0, 0.05) is 27.7 Å². The normalized spacial score (nSPS) is 11.1. The molecule has 1 N–H and O–H groups in total. The summed E-state index contributed by atoms with van der Waals surface area (Å²) in [5.41, 5.74) is 2.41. The van der Waals surface area contributed by atoms with E-state index < -0.39 is 0 Å². The molecule has 0 saturated carbocycles. The number of Topliss-reactive ketones (excluding diaryl/α,β-unsaturated/α-hetero) is 1. The van der Waals surface area contributed by atoms with Crippen LogP contribution in [0.5, 0.6) is 0 Å². The van der Waals surface area contributed by atoms with Crippen molar-refractivity contribution in [3.8, 4) is 5.69 Å². The number of carbonyl (C=O) groups excluding carboxylic acids is 1. The fraction of sp³-hybridized carbons (Fsp3) is 0.0588. The second-order valence-corrected chi connectivity index (χ2v) is 6.69. The lowest BCUT2D eigenvalue weighted by molar-refractivity contribution is 0.102. The summed E-state index contributed by atoms with van der Waals surface area (Å²) in [7, 11) is 0. The van der Waals surface area contributed by atoms with Crippen molar-refractivity contribution in [1.29, 1.82) is 0 Å². The van der Waals surface area contributed by atoms with E-state index >= 15 is 0 Å². The maximum Gasteiger partial charge on any atom is 0.214 e. The number of nitrogens with zero attached hydrogens (tertiary/aromatic N) is 4.